The molecule has 0 saturated heterocycles. The molecular formula is C15H13N5O5S. The van der Waals surface area contributed by atoms with Crippen molar-refractivity contribution in [3.05, 3.63) is 52.9 Å². The Labute approximate surface area is 147 Å². The van der Waals surface area contributed by atoms with Gasteiger partial charge in [-0.05, 0) is 31.3 Å². The van der Waals surface area contributed by atoms with Crippen molar-refractivity contribution in [1.29, 1.82) is 0 Å². The highest BCUT2D eigenvalue weighted by Gasteiger charge is 2.17. The van der Waals surface area contributed by atoms with Gasteiger partial charge in [0, 0.05) is 23.3 Å². The molecule has 0 radical (unpaired) electrons. The van der Waals surface area contributed by atoms with Crippen LogP contribution in [-0.4, -0.2) is 41.2 Å². The zero-order chi connectivity index (χ0) is 18.9. The van der Waals surface area contributed by atoms with Crippen LogP contribution < -0.4 is 15.6 Å². The number of pyridine rings is 1. The number of benzene rings is 1. The van der Waals surface area contributed by atoms with E-state index < -0.39 is 26.8 Å². The molecule has 1 aromatic carbocycles. The first kappa shape index (κ1) is 17.5. The quantitative estimate of drug-likeness (QED) is 0.572. The Morgan fingerprint density at radius 2 is 2.00 bits per heavy atom. The Morgan fingerprint density at radius 1 is 1.23 bits per heavy atom. The predicted octanol–water partition coefficient (Wildman–Crippen LogP) is 0.779. The lowest BCUT2D eigenvalue weighted by Crippen LogP contribution is -2.23. The average molecular weight is 375 g/mol. The molecule has 10 nitrogen and oxygen atoms in total. The maximum atomic E-state index is 12.4. The standard InChI is InChI=1S/C15H13N5O5S/c1-16-26(24,25)14-17-8-9-5-6-12(21)20(13(9)19-14)11-4-2-3-10(7-11)18-15(22)23/h2-8,16,18H,1H3,(H,22,23). The Kier molecular flexibility index (Phi) is 4.40. The normalized spacial score (nSPS) is 11.4. The van der Waals surface area contributed by atoms with Gasteiger partial charge in [-0.25, -0.2) is 22.9 Å². The fourth-order valence-corrected chi connectivity index (χ4v) is 2.90. The van der Waals surface area contributed by atoms with Crippen LogP contribution in [0.15, 0.2) is 52.5 Å². The zero-order valence-corrected chi connectivity index (χ0v) is 14.2. The number of carboxylic acid groups (broad SMARTS) is 1. The van der Waals surface area contributed by atoms with E-state index >= 15 is 0 Å². The van der Waals surface area contributed by atoms with Gasteiger partial charge in [0.1, 0.15) is 0 Å². The van der Waals surface area contributed by atoms with Crippen molar-refractivity contribution in [2.24, 2.45) is 0 Å². The molecule has 0 fully saturated rings. The van der Waals surface area contributed by atoms with Crippen LogP contribution in [0.1, 0.15) is 0 Å². The zero-order valence-electron chi connectivity index (χ0n) is 13.4. The fraction of sp³-hybridized carbons (Fsp3) is 0.0667. The first-order valence-corrected chi connectivity index (χ1v) is 8.73. The maximum absolute atomic E-state index is 12.4. The number of hydrogen-bond donors (Lipinski definition) is 3. The largest absolute Gasteiger partial charge is 0.465 e. The average Bonchev–Trinajstić information content (AvgIpc) is 2.60. The van der Waals surface area contributed by atoms with Gasteiger partial charge >= 0.3 is 6.09 Å². The van der Waals surface area contributed by atoms with Gasteiger partial charge in [0.2, 0.25) is 0 Å². The topological polar surface area (TPSA) is 143 Å². The summed E-state index contributed by atoms with van der Waals surface area (Å²) in [6, 6.07) is 8.84. The molecule has 0 unspecified atom stereocenters. The molecule has 3 rings (SSSR count). The molecule has 0 aliphatic rings. The molecule has 0 bridgehead atoms. The van der Waals surface area contributed by atoms with Crippen LogP contribution in [0, 0.1) is 0 Å². The van der Waals surface area contributed by atoms with Crippen molar-refractivity contribution in [2.75, 3.05) is 12.4 Å². The van der Waals surface area contributed by atoms with E-state index in [1.807, 2.05) is 0 Å². The number of amides is 1. The van der Waals surface area contributed by atoms with Crippen LogP contribution in [0.2, 0.25) is 0 Å². The molecule has 3 N–H and O–H groups in total. The number of nitrogens with zero attached hydrogens (tertiary/aromatic N) is 3. The van der Waals surface area contributed by atoms with Crippen molar-refractivity contribution < 1.29 is 18.3 Å². The maximum Gasteiger partial charge on any atom is 0.409 e. The molecule has 0 saturated carbocycles. The third-order valence-corrected chi connectivity index (χ3v) is 4.69. The number of hydrogen-bond acceptors (Lipinski definition) is 6. The summed E-state index contributed by atoms with van der Waals surface area (Å²) in [6.45, 7) is 0. The van der Waals surface area contributed by atoms with Crippen molar-refractivity contribution in [1.82, 2.24) is 19.3 Å². The van der Waals surface area contributed by atoms with Crippen LogP contribution >= 0.6 is 0 Å². The molecule has 2 heterocycles. The van der Waals surface area contributed by atoms with Gasteiger partial charge in [-0.1, -0.05) is 6.07 Å². The minimum absolute atomic E-state index is 0.0776. The monoisotopic (exact) mass is 375 g/mol. The molecule has 134 valence electrons. The number of sulfonamides is 1. The van der Waals surface area contributed by atoms with E-state index in [4.69, 9.17) is 5.11 Å². The van der Waals surface area contributed by atoms with E-state index in [-0.39, 0.29) is 11.3 Å². The summed E-state index contributed by atoms with van der Waals surface area (Å²) in [6.07, 6.45) is 0.0409. The van der Waals surface area contributed by atoms with Crippen LogP contribution in [0.3, 0.4) is 0 Å². The SMILES string of the molecule is CNS(=O)(=O)c1ncc2ccc(=O)n(-c3cccc(NC(=O)O)c3)c2n1. The van der Waals surface area contributed by atoms with E-state index in [2.05, 4.69) is 20.0 Å². The molecule has 0 spiro atoms. The highest BCUT2D eigenvalue weighted by molar-refractivity contribution is 7.89. The summed E-state index contributed by atoms with van der Waals surface area (Å²) in [5, 5.41) is 11.0. The van der Waals surface area contributed by atoms with E-state index in [9.17, 15) is 18.0 Å². The predicted molar refractivity (Wildman–Crippen MR) is 93.0 cm³/mol. The minimum atomic E-state index is -3.90. The minimum Gasteiger partial charge on any atom is -0.465 e. The van der Waals surface area contributed by atoms with Gasteiger partial charge in [-0.3, -0.25) is 14.7 Å². The molecule has 0 aliphatic heterocycles. The smallest absolute Gasteiger partial charge is 0.409 e. The molecule has 11 heteroatoms. The number of aromatic nitrogens is 3. The number of anilines is 1. The van der Waals surface area contributed by atoms with Crippen LogP contribution in [-0.2, 0) is 10.0 Å². The lowest BCUT2D eigenvalue weighted by atomic mass is 10.2. The summed E-state index contributed by atoms with van der Waals surface area (Å²) in [4.78, 5) is 31.0. The highest BCUT2D eigenvalue weighted by atomic mass is 32.2. The van der Waals surface area contributed by atoms with Crippen LogP contribution in [0.5, 0.6) is 0 Å². The molecule has 1 amide bonds. The third-order valence-electron chi connectivity index (χ3n) is 3.48. The lowest BCUT2D eigenvalue weighted by Gasteiger charge is -2.11. The van der Waals surface area contributed by atoms with Gasteiger partial charge in [0.15, 0.2) is 5.65 Å². The summed E-state index contributed by atoms with van der Waals surface area (Å²) in [7, 11) is -2.68. The van der Waals surface area contributed by atoms with E-state index in [1.165, 1.54) is 42.1 Å². The summed E-state index contributed by atoms with van der Waals surface area (Å²) in [5.41, 5.74) is 0.180. The second-order valence-electron chi connectivity index (χ2n) is 5.13. The first-order chi connectivity index (χ1) is 12.3. The Balaban J connectivity index is 2.28. The number of fused-ring (bicyclic) bond motifs is 1. The third kappa shape index (κ3) is 3.25. The van der Waals surface area contributed by atoms with E-state index in [0.29, 0.717) is 11.1 Å². The number of rotatable bonds is 4. The molecule has 26 heavy (non-hydrogen) atoms. The van der Waals surface area contributed by atoms with Crippen LogP contribution in [0.4, 0.5) is 10.5 Å². The van der Waals surface area contributed by atoms with E-state index in [1.54, 1.807) is 12.1 Å². The summed E-state index contributed by atoms with van der Waals surface area (Å²) >= 11 is 0. The van der Waals surface area contributed by atoms with Crippen molar-refractivity contribution in [3.63, 3.8) is 0 Å². The summed E-state index contributed by atoms with van der Waals surface area (Å²) < 4.78 is 27.2. The van der Waals surface area contributed by atoms with Gasteiger partial charge in [0.25, 0.3) is 20.7 Å². The second-order valence-corrected chi connectivity index (χ2v) is 6.91. The number of carbonyl (C=O) groups is 1. The molecule has 2 aromatic heterocycles. The molecular weight excluding hydrogens is 362 g/mol. The van der Waals surface area contributed by atoms with Gasteiger partial charge in [-0.2, -0.15) is 4.98 Å². The Bertz CT molecular complexity index is 1170. The number of nitrogens with one attached hydrogen (secondary N) is 2. The van der Waals surface area contributed by atoms with Gasteiger partial charge in [-0.15, -0.1) is 0 Å². The molecule has 0 aliphatic carbocycles. The molecule has 3 aromatic rings. The first-order valence-electron chi connectivity index (χ1n) is 7.24. The fourth-order valence-electron chi connectivity index (χ4n) is 2.32. The Hall–Kier alpha value is -3.31. The lowest BCUT2D eigenvalue weighted by molar-refractivity contribution is 0.209. The second kappa shape index (κ2) is 6.54. The molecule has 0 atom stereocenters. The Morgan fingerprint density at radius 3 is 2.69 bits per heavy atom. The van der Waals surface area contributed by atoms with Crippen LogP contribution in [0.25, 0.3) is 16.7 Å². The van der Waals surface area contributed by atoms with E-state index in [0.717, 1.165) is 0 Å². The van der Waals surface area contributed by atoms with Gasteiger partial charge in [0.05, 0.1) is 5.69 Å². The summed E-state index contributed by atoms with van der Waals surface area (Å²) in [5.74, 6) is 0. The highest BCUT2D eigenvalue weighted by Crippen LogP contribution is 2.18. The van der Waals surface area contributed by atoms with Crippen molar-refractivity contribution >= 4 is 32.8 Å². The van der Waals surface area contributed by atoms with Crippen molar-refractivity contribution in [3.8, 4) is 5.69 Å². The van der Waals surface area contributed by atoms with Crippen molar-refractivity contribution in [2.45, 2.75) is 5.16 Å². The van der Waals surface area contributed by atoms with Gasteiger partial charge < -0.3 is 5.11 Å².